The summed E-state index contributed by atoms with van der Waals surface area (Å²) in [7, 11) is 3.29. The Morgan fingerprint density at radius 1 is 0.703 bits per heavy atom. The van der Waals surface area contributed by atoms with Crippen LogP contribution in [0.3, 0.4) is 0 Å². The molecule has 0 saturated carbocycles. The Balaban J connectivity index is 1.38. The fourth-order valence-corrected chi connectivity index (χ4v) is 4.65. The third-order valence-corrected chi connectivity index (χ3v) is 6.83. The summed E-state index contributed by atoms with van der Waals surface area (Å²) in [6.45, 7) is 0. The van der Waals surface area contributed by atoms with E-state index in [-0.39, 0.29) is 11.6 Å². The Morgan fingerprint density at radius 2 is 1.22 bits per heavy atom. The van der Waals surface area contributed by atoms with Gasteiger partial charge in [-0.2, -0.15) is 0 Å². The zero-order chi connectivity index (χ0) is 26.0. The first-order valence-corrected chi connectivity index (χ1v) is 12.8. The monoisotopic (exact) mass is 498 g/mol. The molecule has 0 spiro atoms. The quantitative estimate of drug-likeness (QED) is 0.179. The molecule has 3 aromatic carbocycles. The van der Waals surface area contributed by atoms with Crippen molar-refractivity contribution in [2.75, 3.05) is 14.2 Å². The van der Waals surface area contributed by atoms with E-state index in [1.807, 2.05) is 72.8 Å². The second kappa shape index (κ2) is 12.9. The lowest BCUT2D eigenvalue weighted by Gasteiger charge is -2.16. The molecule has 0 aliphatic rings. The van der Waals surface area contributed by atoms with E-state index in [1.165, 1.54) is 0 Å². The molecular weight excluding hydrogens is 464 g/mol. The first kappa shape index (κ1) is 26.2. The van der Waals surface area contributed by atoms with E-state index in [4.69, 9.17) is 13.9 Å². The molecule has 37 heavy (non-hydrogen) atoms. The molecular formula is C32H34O5. The van der Waals surface area contributed by atoms with Crippen LogP contribution in [-0.2, 0) is 28.9 Å². The number of fused-ring (bicyclic) bond motifs is 1. The third kappa shape index (κ3) is 7.32. The van der Waals surface area contributed by atoms with Crippen LogP contribution in [0.1, 0.15) is 42.4 Å². The van der Waals surface area contributed by atoms with Gasteiger partial charge in [0, 0.05) is 18.2 Å². The topological polar surface area (TPSA) is 65.7 Å². The smallest absolute Gasteiger partial charge is 0.143 e. The van der Waals surface area contributed by atoms with E-state index >= 15 is 0 Å². The molecule has 4 rings (SSSR count). The van der Waals surface area contributed by atoms with Gasteiger partial charge < -0.3 is 13.9 Å². The van der Waals surface area contributed by atoms with Crippen LogP contribution >= 0.6 is 0 Å². The number of methoxy groups -OCH3 is 2. The zero-order valence-electron chi connectivity index (χ0n) is 21.6. The summed E-state index contributed by atoms with van der Waals surface area (Å²) >= 11 is 0. The number of hydrogen-bond donors (Lipinski definition) is 0. The molecule has 0 saturated heterocycles. The highest BCUT2D eigenvalue weighted by Gasteiger charge is 2.26. The average molecular weight is 499 g/mol. The van der Waals surface area contributed by atoms with Crippen LogP contribution in [0.5, 0.6) is 11.5 Å². The molecule has 0 unspecified atom stereocenters. The highest BCUT2D eigenvalue weighted by molar-refractivity contribution is 6.02. The van der Waals surface area contributed by atoms with Gasteiger partial charge in [-0.25, -0.2) is 0 Å². The number of carbonyl (C=O) groups is 2. The molecule has 0 bridgehead atoms. The van der Waals surface area contributed by atoms with Crippen LogP contribution in [0.2, 0.25) is 0 Å². The number of ether oxygens (including phenoxy) is 2. The van der Waals surface area contributed by atoms with Crippen molar-refractivity contribution in [1.29, 1.82) is 0 Å². The average Bonchev–Trinajstić information content (AvgIpc) is 3.40. The molecule has 0 aliphatic carbocycles. The van der Waals surface area contributed by atoms with Crippen molar-refractivity contribution in [3.8, 4) is 11.5 Å². The fraction of sp³-hybridized carbons (Fsp3) is 0.312. The largest absolute Gasteiger partial charge is 0.497 e. The summed E-state index contributed by atoms with van der Waals surface area (Å²) in [5, 5.41) is 0.982. The molecule has 192 valence electrons. The van der Waals surface area contributed by atoms with Crippen molar-refractivity contribution in [2.45, 2.75) is 44.9 Å². The Bertz CT molecular complexity index is 1240. The van der Waals surface area contributed by atoms with E-state index in [0.717, 1.165) is 52.0 Å². The Labute approximate surface area is 218 Å². The van der Waals surface area contributed by atoms with E-state index in [9.17, 15) is 9.59 Å². The Hall–Kier alpha value is -3.86. The Kier molecular flexibility index (Phi) is 9.14. The molecule has 0 amide bonds. The van der Waals surface area contributed by atoms with Gasteiger partial charge in [0.15, 0.2) is 0 Å². The summed E-state index contributed by atoms with van der Waals surface area (Å²) in [5.74, 6) is 1.05. The Morgan fingerprint density at radius 3 is 1.73 bits per heavy atom. The van der Waals surface area contributed by atoms with Crippen LogP contribution in [0, 0.1) is 5.92 Å². The summed E-state index contributed by atoms with van der Waals surface area (Å²) in [5.41, 5.74) is 4.09. The maximum Gasteiger partial charge on any atom is 0.143 e. The zero-order valence-corrected chi connectivity index (χ0v) is 21.6. The highest BCUT2D eigenvalue weighted by Crippen LogP contribution is 2.23. The first-order chi connectivity index (χ1) is 18.1. The van der Waals surface area contributed by atoms with Crippen molar-refractivity contribution >= 4 is 22.5 Å². The number of carbonyl (C=O) groups excluding carboxylic acids is 2. The number of ketones is 2. The van der Waals surface area contributed by atoms with E-state index in [0.29, 0.717) is 32.1 Å². The molecule has 1 heterocycles. The molecule has 0 fully saturated rings. The normalized spacial score (nSPS) is 11.1. The second-order valence-corrected chi connectivity index (χ2v) is 9.39. The number of rotatable bonds is 14. The first-order valence-electron chi connectivity index (χ1n) is 12.8. The van der Waals surface area contributed by atoms with Crippen LogP contribution in [0.25, 0.3) is 11.0 Å². The van der Waals surface area contributed by atoms with E-state index < -0.39 is 5.92 Å². The minimum atomic E-state index is -0.629. The van der Waals surface area contributed by atoms with Gasteiger partial charge in [-0.05, 0) is 91.3 Å². The van der Waals surface area contributed by atoms with E-state index in [1.54, 1.807) is 20.5 Å². The van der Waals surface area contributed by atoms with Crippen molar-refractivity contribution in [1.82, 2.24) is 0 Å². The minimum absolute atomic E-state index is 0.0234. The minimum Gasteiger partial charge on any atom is -0.497 e. The number of aryl methyl sites for hydroxylation is 2. The molecule has 5 nitrogen and oxygen atoms in total. The van der Waals surface area contributed by atoms with Gasteiger partial charge in [-0.3, -0.25) is 9.59 Å². The van der Waals surface area contributed by atoms with Crippen LogP contribution in [0.15, 0.2) is 83.5 Å². The lowest BCUT2D eigenvalue weighted by Crippen LogP contribution is -2.26. The van der Waals surface area contributed by atoms with Gasteiger partial charge in [0.1, 0.15) is 28.6 Å². The van der Waals surface area contributed by atoms with Gasteiger partial charge in [-0.1, -0.05) is 30.3 Å². The maximum atomic E-state index is 13.3. The molecule has 1 aromatic heterocycles. The van der Waals surface area contributed by atoms with Crippen molar-refractivity contribution < 1.29 is 23.5 Å². The van der Waals surface area contributed by atoms with Gasteiger partial charge in [0.25, 0.3) is 0 Å². The number of benzene rings is 3. The van der Waals surface area contributed by atoms with Crippen molar-refractivity contribution in [3.63, 3.8) is 0 Å². The van der Waals surface area contributed by atoms with E-state index in [2.05, 4.69) is 0 Å². The van der Waals surface area contributed by atoms with Gasteiger partial charge >= 0.3 is 0 Å². The van der Waals surface area contributed by atoms with Gasteiger partial charge in [0.2, 0.25) is 0 Å². The number of Topliss-reactive ketones (excluding diaryl/α,β-unsaturated/α-hetero) is 2. The molecule has 0 atom stereocenters. The molecule has 5 heteroatoms. The van der Waals surface area contributed by atoms with Crippen molar-refractivity contribution in [2.24, 2.45) is 5.92 Å². The fourth-order valence-electron chi connectivity index (χ4n) is 4.65. The molecule has 0 radical (unpaired) electrons. The summed E-state index contributed by atoms with van der Waals surface area (Å²) in [6.07, 6.45) is 5.83. The molecule has 4 aromatic rings. The van der Waals surface area contributed by atoms with Crippen LogP contribution in [-0.4, -0.2) is 25.8 Å². The number of hydrogen-bond acceptors (Lipinski definition) is 5. The SMILES string of the molecule is COc1ccc(CCCC(=O)C(Cc2ccc3occc3c2)C(=O)CCCc2ccc(OC)cc2)cc1. The highest BCUT2D eigenvalue weighted by atomic mass is 16.5. The third-order valence-electron chi connectivity index (χ3n) is 6.83. The maximum absolute atomic E-state index is 13.3. The summed E-state index contributed by atoms with van der Waals surface area (Å²) in [6, 6.07) is 23.6. The predicted octanol–water partition coefficient (Wildman–Crippen LogP) is 6.79. The van der Waals surface area contributed by atoms with Crippen molar-refractivity contribution in [3.05, 3.63) is 95.7 Å². The molecule has 0 aliphatic heterocycles. The predicted molar refractivity (Wildman–Crippen MR) is 145 cm³/mol. The summed E-state index contributed by atoms with van der Waals surface area (Å²) in [4.78, 5) is 26.6. The summed E-state index contributed by atoms with van der Waals surface area (Å²) < 4.78 is 15.9. The van der Waals surface area contributed by atoms with Gasteiger partial charge in [-0.15, -0.1) is 0 Å². The lowest BCUT2D eigenvalue weighted by atomic mass is 9.86. The molecule has 0 N–H and O–H groups in total. The lowest BCUT2D eigenvalue weighted by molar-refractivity contribution is -0.132. The second-order valence-electron chi connectivity index (χ2n) is 9.39. The number of furan rings is 1. The standard InChI is InChI=1S/C32H34O5/c1-35-27-14-9-23(10-15-27)5-3-7-30(33)29(22-25-13-18-32-26(21-25)19-20-37-32)31(34)8-4-6-24-11-16-28(36-2)17-12-24/h9-21,29H,3-8,22H2,1-2H3. The van der Waals surface area contributed by atoms with Gasteiger partial charge in [0.05, 0.1) is 26.4 Å². The van der Waals surface area contributed by atoms with Crippen LogP contribution < -0.4 is 9.47 Å². The van der Waals surface area contributed by atoms with Crippen LogP contribution in [0.4, 0.5) is 0 Å².